The number of benzene rings is 3. The van der Waals surface area contributed by atoms with Crippen molar-refractivity contribution in [1.29, 1.82) is 0 Å². The van der Waals surface area contributed by atoms with Crippen molar-refractivity contribution in [3.8, 4) is 0 Å². The van der Waals surface area contributed by atoms with Crippen LogP contribution in [0, 0.1) is 5.92 Å². The Morgan fingerprint density at radius 1 is 0.520 bits per heavy atom. The molecule has 1 heteroatoms. The van der Waals surface area contributed by atoms with Gasteiger partial charge in [0.25, 0.3) is 0 Å². The third kappa shape index (κ3) is 4.00. The van der Waals surface area contributed by atoms with E-state index in [0.717, 1.165) is 5.56 Å². The summed E-state index contributed by atoms with van der Waals surface area (Å²) in [6.45, 7) is 4.48. The maximum atomic E-state index is 11.3. The number of aliphatic hydroxyl groups excluding tert-OH is 1. The van der Waals surface area contributed by atoms with Crippen molar-refractivity contribution in [2.45, 2.75) is 31.8 Å². The molecule has 3 aromatic carbocycles. The lowest BCUT2D eigenvalue weighted by molar-refractivity contribution is 0.121. The van der Waals surface area contributed by atoms with Crippen LogP contribution in [-0.2, 0) is 0 Å². The predicted octanol–water partition coefficient (Wildman–Crippen LogP) is 5.94. The van der Waals surface area contributed by atoms with Gasteiger partial charge in [0.1, 0.15) is 0 Å². The molecule has 25 heavy (non-hydrogen) atoms. The highest BCUT2D eigenvalue weighted by molar-refractivity contribution is 5.33. The first kappa shape index (κ1) is 17.4. The second-order valence-electron chi connectivity index (χ2n) is 6.97. The maximum Gasteiger partial charge on any atom is 0.0864 e. The monoisotopic (exact) mass is 330 g/mol. The van der Waals surface area contributed by atoms with Crippen molar-refractivity contribution in [1.82, 2.24) is 0 Å². The molecule has 0 heterocycles. The molecule has 0 bridgehead atoms. The number of rotatable bonds is 6. The largest absolute Gasteiger partial charge is 0.388 e. The molecular formula is C24H26O. The molecule has 1 nitrogen and oxygen atoms in total. The Kier molecular flexibility index (Phi) is 5.67. The van der Waals surface area contributed by atoms with E-state index in [1.165, 1.54) is 11.1 Å². The molecule has 0 saturated heterocycles. The second kappa shape index (κ2) is 8.13. The van der Waals surface area contributed by atoms with Crippen LogP contribution in [0.3, 0.4) is 0 Å². The van der Waals surface area contributed by atoms with Crippen LogP contribution in [0.5, 0.6) is 0 Å². The van der Waals surface area contributed by atoms with E-state index in [9.17, 15) is 5.11 Å². The molecule has 0 saturated carbocycles. The molecule has 0 aromatic heterocycles. The van der Waals surface area contributed by atoms with Gasteiger partial charge >= 0.3 is 0 Å². The summed E-state index contributed by atoms with van der Waals surface area (Å²) in [4.78, 5) is 0. The van der Waals surface area contributed by atoms with Gasteiger partial charge in [-0.2, -0.15) is 0 Å². The van der Waals surface area contributed by atoms with Crippen LogP contribution in [0.2, 0.25) is 0 Å². The number of hydrogen-bond donors (Lipinski definition) is 1. The summed E-state index contributed by atoms with van der Waals surface area (Å²) in [5, 5.41) is 11.3. The third-order valence-corrected chi connectivity index (χ3v) is 4.96. The van der Waals surface area contributed by atoms with Crippen LogP contribution in [0.1, 0.15) is 48.5 Å². The van der Waals surface area contributed by atoms with E-state index in [0.29, 0.717) is 5.92 Å². The Morgan fingerprint density at radius 2 is 0.880 bits per heavy atom. The fourth-order valence-electron chi connectivity index (χ4n) is 3.80. The van der Waals surface area contributed by atoms with Gasteiger partial charge in [-0.3, -0.25) is 0 Å². The van der Waals surface area contributed by atoms with Crippen LogP contribution < -0.4 is 0 Å². The fourth-order valence-corrected chi connectivity index (χ4v) is 3.80. The molecule has 3 atom stereocenters. The SMILES string of the molecule is CC(C)[C@@H](c1ccccc1)[C@H](c1ccccc1)[C@@H](O)c1ccccc1. The maximum absolute atomic E-state index is 11.3. The molecule has 0 unspecified atom stereocenters. The van der Waals surface area contributed by atoms with E-state index >= 15 is 0 Å². The Bertz CT molecular complexity index is 750. The van der Waals surface area contributed by atoms with Crippen LogP contribution in [0.25, 0.3) is 0 Å². The highest BCUT2D eigenvalue weighted by Crippen LogP contribution is 2.45. The van der Waals surface area contributed by atoms with E-state index in [4.69, 9.17) is 0 Å². The molecule has 0 radical (unpaired) electrons. The van der Waals surface area contributed by atoms with Gasteiger partial charge in [0, 0.05) is 5.92 Å². The molecule has 0 fully saturated rings. The Labute approximate surface area is 151 Å². The zero-order chi connectivity index (χ0) is 17.6. The van der Waals surface area contributed by atoms with Crippen molar-refractivity contribution in [3.63, 3.8) is 0 Å². The van der Waals surface area contributed by atoms with Gasteiger partial charge in [-0.25, -0.2) is 0 Å². The summed E-state index contributed by atoms with van der Waals surface area (Å²) in [5.74, 6) is 0.649. The van der Waals surface area contributed by atoms with Crippen molar-refractivity contribution >= 4 is 0 Å². The first-order valence-electron chi connectivity index (χ1n) is 9.01. The smallest absolute Gasteiger partial charge is 0.0864 e. The van der Waals surface area contributed by atoms with Crippen LogP contribution in [0.15, 0.2) is 91.0 Å². The zero-order valence-corrected chi connectivity index (χ0v) is 14.9. The molecule has 1 N–H and O–H groups in total. The molecule has 3 aromatic rings. The van der Waals surface area contributed by atoms with E-state index < -0.39 is 6.10 Å². The van der Waals surface area contributed by atoms with Gasteiger partial charge in [-0.05, 0) is 28.5 Å². The minimum atomic E-state index is -0.545. The summed E-state index contributed by atoms with van der Waals surface area (Å²) in [6.07, 6.45) is -0.545. The summed E-state index contributed by atoms with van der Waals surface area (Å²) < 4.78 is 0. The van der Waals surface area contributed by atoms with E-state index in [1.807, 2.05) is 42.5 Å². The standard InChI is InChI=1S/C24H26O/c1-18(2)22(19-12-6-3-7-13-19)23(20-14-8-4-9-15-20)24(25)21-16-10-5-11-17-21/h3-18,22-25H,1-2H3/t22-,23-,24-/m0/s1. The lowest BCUT2D eigenvalue weighted by Gasteiger charge is -2.35. The average Bonchev–Trinajstić information content (AvgIpc) is 2.67. The Morgan fingerprint density at radius 3 is 1.28 bits per heavy atom. The van der Waals surface area contributed by atoms with Crippen molar-refractivity contribution in [2.75, 3.05) is 0 Å². The van der Waals surface area contributed by atoms with Gasteiger partial charge < -0.3 is 5.11 Å². The Hall–Kier alpha value is -2.38. The molecule has 0 aliphatic carbocycles. The minimum absolute atomic E-state index is 0.00556. The first-order valence-corrected chi connectivity index (χ1v) is 9.01. The van der Waals surface area contributed by atoms with Gasteiger partial charge in [0.2, 0.25) is 0 Å². The Balaban J connectivity index is 2.09. The normalized spacial score (nSPS) is 14.9. The van der Waals surface area contributed by atoms with Gasteiger partial charge in [0.05, 0.1) is 6.10 Å². The zero-order valence-electron chi connectivity index (χ0n) is 14.9. The van der Waals surface area contributed by atoms with Crippen molar-refractivity contribution in [3.05, 3.63) is 108 Å². The molecule has 0 aliphatic rings. The summed E-state index contributed by atoms with van der Waals surface area (Å²) in [7, 11) is 0. The molecular weight excluding hydrogens is 304 g/mol. The number of aliphatic hydroxyl groups is 1. The highest BCUT2D eigenvalue weighted by Gasteiger charge is 2.33. The average molecular weight is 330 g/mol. The summed E-state index contributed by atoms with van der Waals surface area (Å²) in [5.41, 5.74) is 3.43. The lowest BCUT2D eigenvalue weighted by Crippen LogP contribution is -2.23. The van der Waals surface area contributed by atoms with E-state index in [2.05, 4.69) is 62.4 Å². The lowest BCUT2D eigenvalue weighted by atomic mass is 9.71. The summed E-state index contributed by atoms with van der Waals surface area (Å²) in [6, 6.07) is 31.0. The van der Waals surface area contributed by atoms with E-state index in [1.54, 1.807) is 0 Å². The van der Waals surface area contributed by atoms with Crippen LogP contribution >= 0.6 is 0 Å². The number of hydrogen-bond acceptors (Lipinski definition) is 1. The molecule has 0 amide bonds. The quantitative estimate of drug-likeness (QED) is 0.592. The van der Waals surface area contributed by atoms with E-state index in [-0.39, 0.29) is 11.8 Å². The minimum Gasteiger partial charge on any atom is -0.388 e. The molecule has 3 rings (SSSR count). The van der Waals surface area contributed by atoms with Crippen LogP contribution in [-0.4, -0.2) is 5.11 Å². The third-order valence-electron chi connectivity index (χ3n) is 4.96. The van der Waals surface area contributed by atoms with Crippen molar-refractivity contribution < 1.29 is 5.11 Å². The summed E-state index contributed by atoms with van der Waals surface area (Å²) >= 11 is 0. The van der Waals surface area contributed by atoms with Gasteiger partial charge in [0.15, 0.2) is 0 Å². The molecule has 0 aliphatic heterocycles. The highest BCUT2D eigenvalue weighted by atomic mass is 16.3. The fraction of sp³-hybridized carbons (Fsp3) is 0.250. The molecule has 128 valence electrons. The van der Waals surface area contributed by atoms with Gasteiger partial charge in [-0.1, -0.05) is 105 Å². The van der Waals surface area contributed by atoms with Gasteiger partial charge in [-0.15, -0.1) is 0 Å². The molecule has 0 spiro atoms. The topological polar surface area (TPSA) is 20.2 Å². The van der Waals surface area contributed by atoms with Crippen LogP contribution in [0.4, 0.5) is 0 Å². The second-order valence-corrected chi connectivity index (χ2v) is 6.97. The predicted molar refractivity (Wildman–Crippen MR) is 105 cm³/mol. The first-order chi connectivity index (χ1) is 12.2. The van der Waals surface area contributed by atoms with Crippen molar-refractivity contribution in [2.24, 2.45) is 5.92 Å².